The summed E-state index contributed by atoms with van der Waals surface area (Å²) in [7, 11) is 0. The van der Waals surface area contributed by atoms with Gasteiger partial charge >= 0.3 is 5.97 Å². The van der Waals surface area contributed by atoms with Gasteiger partial charge < -0.3 is 10.0 Å². The number of carbonyl (C=O) groups is 1. The third-order valence-corrected chi connectivity index (χ3v) is 6.03. The van der Waals surface area contributed by atoms with Crippen molar-refractivity contribution in [1.82, 2.24) is 0 Å². The van der Waals surface area contributed by atoms with E-state index in [0.29, 0.717) is 22.2 Å². The van der Waals surface area contributed by atoms with Crippen LogP contribution in [-0.2, 0) is 0 Å². The minimum atomic E-state index is -0.947. The Hall–Kier alpha value is -2.33. The molecule has 1 heterocycles. The van der Waals surface area contributed by atoms with Crippen molar-refractivity contribution in [2.75, 3.05) is 11.4 Å². The van der Waals surface area contributed by atoms with Crippen LogP contribution in [0.4, 0.5) is 11.4 Å². The number of hydrogen-bond acceptors (Lipinski definition) is 3. The Bertz CT molecular complexity index is 950. The SMILES string of the molecule is CCN1c2cc(Cl)c(C=Nc3cccc(C(=O)O)c3C)cc2C(C)CC1(C)C. The summed E-state index contributed by atoms with van der Waals surface area (Å²) in [5, 5.41) is 9.94. The molecule has 28 heavy (non-hydrogen) atoms. The van der Waals surface area contributed by atoms with Crippen LogP contribution in [0.25, 0.3) is 0 Å². The highest BCUT2D eigenvalue weighted by Crippen LogP contribution is 2.44. The minimum Gasteiger partial charge on any atom is -0.478 e. The molecule has 0 spiro atoms. The van der Waals surface area contributed by atoms with Gasteiger partial charge in [0.15, 0.2) is 0 Å². The third-order valence-electron chi connectivity index (χ3n) is 5.70. The van der Waals surface area contributed by atoms with Crippen molar-refractivity contribution < 1.29 is 9.90 Å². The Balaban J connectivity index is 2.02. The summed E-state index contributed by atoms with van der Waals surface area (Å²) in [5.41, 5.74) is 4.96. The van der Waals surface area contributed by atoms with Gasteiger partial charge in [0.1, 0.15) is 0 Å². The number of fused-ring (bicyclic) bond motifs is 1. The van der Waals surface area contributed by atoms with Gasteiger partial charge in [-0.1, -0.05) is 24.6 Å². The quantitative estimate of drug-likeness (QED) is 0.623. The van der Waals surface area contributed by atoms with Gasteiger partial charge in [-0.25, -0.2) is 4.79 Å². The average Bonchev–Trinajstić information content (AvgIpc) is 2.60. The first kappa shape index (κ1) is 20.4. The summed E-state index contributed by atoms with van der Waals surface area (Å²) in [4.78, 5) is 18.3. The first-order valence-electron chi connectivity index (χ1n) is 9.63. The van der Waals surface area contributed by atoms with Crippen molar-refractivity contribution >= 4 is 35.2 Å². The van der Waals surface area contributed by atoms with E-state index >= 15 is 0 Å². The number of halogens is 1. The Morgan fingerprint density at radius 2 is 2.11 bits per heavy atom. The summed E-state index contributed by atoms with van der Waals surface area (Å²) in [5.74, 6) is -0.522. The Morgan fingerprint density at radius 3 is 2.75 bits per heavy atom. The van der Waals surface area contributed by atoms with E-state index in [1.807, 2.05) is 12.1 Å². The van der Waals surface area contributed by atoms with Gasteiger partial charge in [-0.2, -0.15) is 0 Å². The second kappa shape index (κ2) is 7.59. The maximum atomic E-state index is 11.3. The third kappa shape index (κ3) is 3.66. The molecular formula is C23H27ClN2O2. The first-order chi connectivity index (χ1) is 13.2. The Morgan fingerprint density at radius 1 is 1.39 bits per heavy atom. The summed E-state index contributed by atoms with van der Waals surface area (Å²) in [6, 6.07) is 9.28. The molecule has 4 nitrogen and oxygen atoms in total. The molecule has 0 bridgehead atoms. The molecule has 3 rings (SSSR count). The number of nitrogens with zero attached hydrogens (tertiary/aromatic N) is 2. The van der Waals surface area contributed by atoms with Crippen LogP contribution in [0.15, 0.2) is 35.3 Å². The highest BCUT2D eigenvalue weighted by Gasteiger charge is 2.35. The molecule has 2 aromatic carbocycles. The monoisotopic (exact) mass is 398 g/mol. The van der Waals surface area contributed by atoms with E-state index < -0.39 is 5.97 Å². The zero-order valence-corrected chi connectivity index (χ0v) is 17.8. The number of carboxylic acids is 1. The van der Waals surface area contributed by atoms with E-state index in [0.717, 1.165) is 18.5 Å². The zero-order valence-electron chi connectivity index (χ0n) is 17.1. The molecule has 148 valence electrons. The molecule has 0 amide bonds. The number of aliphatic imine (C=N–C) groups is 1. The lowest BCUT2D eigenvalue weighted by molar-refractivity contribution is 0.0696. The van der Waals surface area contributed by atoms with E-state index in [4.69, 9.17) is 11.6 Å². The van der Waals surface area contributed by atoms with Crippen molar-refractivity contribution in [2.45, 2.75) is 52.5 Å². The lowest BCUT2D eigenvalue weighted by Crippen LogP contribution is -2.48. The maximum absolute atomic E-state index is 11.3. The molecule has 1 aliphatic rings. The lowest BCUT2D eigenvalue weighted by atomic mass is 9.79. The smallest absolute Gasteiger partial charge is 0.336 e. The molecule has 1 unspecified atom stereocenters. The Kier molecular flexibility index (Phi) is 5.53. The van der Waals surface area contributed by atoms with Gasteiger partial charge in [-0.05, 0) is 75.4 Å². The molecule has 0 aromatic heterocycles. The van der Waals surface area contributed by atoms with Crippen LogP contribution >= 0.6 is 11.6 Å². The second-order valence-electron chi connectivity index (χ2n) is 8.11. The number of anilines is 1. The van der Waals surface area contributed by atoms with Crippen molar-refractivity contribution in [3.05, 3.63) is 57.6 Å². The van der Waals surface area contributed by atoms with Crippen LogP contribution in [0.3, 0.4) is 0 Å². The topological polar surface area (TPSA) is 52.9 Å². The van der Waals surface area contributed by atoms with Crippen molar-refractivity contribution in [3.8, 4) is 0 Å². The largest absolute Gasteiger partial charge is 0.478 e. The molecule has 1 N–H and O–H groups in total. The van der Waals surface area contributed by atoms with Gasteiger partial charge in [0.2, 0.25) is 0 Å². The first-order valence-corrected chi connectivity index (χ1v) is 10.0. The molecule has 0 fully saturated rings. The normalized spacial score (nSPS) is 18.4. The summed E-state index contributed by atoms with van der Waals surface area (Å²) in [6.07, 6.45) is 2.81. The number of rotatable bonds is 4. The average molecular weight is 399 g/mol. The fourth-order valence-corrected chi connectivity index (χ4v) is 4.56. The fraction of sp³-hybridized carbons (Fsp3) is 0.391. The fourth-order valence-electron chi connectivity index (χ4n) is 4.35. The highest BCUT2D eigenvalue weighted by molar-refractivity contribution is 6.33. The van der Waals surface area contributed by atoms with E-state index in [1.165, 1.54) is 11.3 Å². The molecule has 1 atom stereocenters. The van der Waals surface area contributed by atoms with Crippen LogP contribution in [0.2, 0.25) is 5.02 Å². The summed E-state index contributed by atoms with van der Waals surface area (Å²) >= 11 is 6.60. The van der Waals surface area contributed by atoms with Crippen LogP contribution < -0.4 is 4.90 Å². The van der Waals surface area contributed by atoms with Crippen molar-refractivity contribution in [2.24, 2.45) is 4.99 Å². The van der Waals surface area contributed by atoms with Gasteiger partial charge in [0, 0.05) is 29.5 Å². The Labute approximate surface area is 171 Å². The van der Waals surface area contributed by atoms with E-state index in [9.17, 15) is 9.90 Å². The lowest BCUT2D eigenvalue weighted by Gasteiger charge is -2.47. The van der Waals surface area contributed by atoms with Gasteiger partial charge in [-0.3, -0.25) is 4.99 Å². The second-order valence-corrected chi connectivity index (χ2v) is 8.51. The summed E-state index contributed by atoms with van der Waals surface area (Å²) in [6.45, 7) is 11.7. The van der Waals surface area contributed by atoms with Gasteiger partial charge in [-0.15, -0.1) is 0 Å². The predicted molar refractivity (Wildman–Crippen MR) is 117 cm³/mol. The molecule has 0 aliphatic carbocycles. The number of benzene rings is 2. The zero-order chi connectivity index (χ0) is 20.6. The van der Waals surface area contributed by atoms with Crippen LogP contribution in [-0.4, -0.2) is 29.4 Å². The van der Waals surface area contributed by atoms with E-state index in [1.54, 1.807) is 25.3 Å². The van der Waals surface area contributed by atoms with Crippen LogP contribution in [0, 0.1) is 6.92 Å². The minimum absolute atomic E-state index is 0.0918. The van der Waals surface area contributed by atoms with E-state index in [2.05, 4.69) is 43.7 Å². The van der Waals surface area contributed by atoms with Gasteiger partial charge in [0.25, 0.3) is 0 Å². The molecule has 1 aliphatic heterocycles. The number of aromatic carboxylic acids is 1. The number of carboxylic acid groups (broad SMARTS) is 1. The van der Waals surface area contributed by atoms with Crippen LogP contribution in [0.5, 0.6) is 0 Å². The summed E-state index contributed by atoms with van der Waals surface area (Å²) < 4.78 is 0. The van der Waals surface area contributed by atoms with Gasteiger partial charge in [0.05, 0.1) is 16.3 Å². The molecule has 0 radical (unpaired) electrons. The van der Waals surface area contributed by atoms with Crippen molar-refractivity contribution in [1.29, 1.82) is 0 Å². The molecule has 2 aromatic rings. The highest BCUT2D eigenvalue weighted by atomic mass is 35.5. The van der Waals surface area contributed by atoms with Crippen LogP contribution in [0.1, 0.15) is 67.1 Å². The van der Waals surface area contributed by atoms with E-state index in [-0.39, 0.29) is 11.1 Å². The number of hydrogen-bond donors (Lipinski definition) is 1. The molecular weight excluding hydrogens is 372 g/mol. The maximum Gasteiger partial charge on any atom is 0.336 e. The standard InChI is InChI=1S/C23H27ClN2O2/c1-6-26-21-11-19(24)16(10-18(21)14(2)12-23(26,4)5)13-25-20-9-7-8-17(15(20)3)22(27)28/h7-11,13-14H,6,12H2,1-5H3,(H,27,28). The molecule has 5 heteroatoms. The molecule has 0 saturated carbocycles. The van der Waals surface area contributed by atoms with Crippen molar-refractivity contribution in [3.63, 3.8) is 0 Å². The molecule has 0 saturated heterocycles. The predicted octanol–water partition coefficient (Wildman–Crippen LogP) is 6.21.